The van der Waals surface area contributed by atoms with Crippen molar-refractivity contribution in [3.8, 4) is 5.75 Å². The molecule has 1 N–H and O–H groups in total. The fraction of sp³-hybridized carbons (Fsp3) is 0.0556. The van der Waals surface area contributed by atoms with E-state index >= 15 is 0 Å². The van der Waals surface area contributed by atoms with Crippen molar-refractivity contribution in [2.75, 3.05) is 0 Å². The molecule has 6 rings (SSSR count). The zero-order chi connectivity index (χ0) is 25.8. The smallest absolute Gasteiger partial charge is 0.120 e. The van der Waals surface area contributed by atoms with Crippen LogP contribution in [0.15, 0.2) is 158 Å². The molecule has 0 aliphatic heterocycles. The highest BCUT2D eigenvalue weighted by atomic mass is 32.2. The van der Waals surface area contributed by atoms with Gasteiger partial charge >= 0.3 is 0 Å². The number of phenolic OH excluding ortho intramolecular Hbond substituents is 1. The Morgan fingerprint density at radius 2 is 0.947 bits per heavy atom. The van der Waals surface area contributed by atoms with Crippen LogP contribution < -0.4 is 0 Å². The normalized spacial score (nSPS) is 12.3. The Hall–Kier alpha value is -4.27. The van der Waals surface area contributed by atoms with E-state index in [1.165, 1.54) is 27.5 Å². The summed E-state index contributed by atoms with van der Waals surface area (Å²) in [4.78, 5) is 0. The lowest BCUT2D eigenvalue weighted by Gasteiger charge is -2.38. The van der Waals surface area contributed by atoms with E-state index in [0.717, 1.165) is 11.1 Å². The third-order valence-corrected chi connectivity index (χ3v) is 8.95. The van der Waals surface area contributed by atoms with Gasteiger partial charge in [0, 0.05) is 5.56 Å². The van der Waals surface area contributed by atoms with Gasteiger partial charge in [-0.05, 0) is 45.2 Å². The van der Waals surface area contributed by atoms with Gasteiger partial charge in [0.2, 0.25) is 0 Å². The molecule has 0 amide bonds. The average molecular weight is 509 g/mol. The summed E-state index contributed by atoms with van der Waals surface area (Å²) in [7, 11) is 0. The summed E-state index contributed by atoms with van der Waals surface area (Å²) in [5.74, 6) is 0.307. The summed E-state index contributed by atoms with van der Waals surface area (Å²) in [6.45, 7) is 0. The summed E-state index contributed by atoms with van der Waals surface area (Å²) in [6.07, 6.45) is 0. The molecule has 6 aromatic carbocycles. The van der Waals surface area contributed by atoms with E-state index in [2.05, 4.69) is 133 Å². The first-order valence-electron chi connectivity index (χ1n) is 12.9. The molecule has 0 aliphatic carbocycles. The molecule has 0 bridgehead atoms. The van der Waals surface area contributed by atoms with Gasteiger partial charge in [-0.25, -0.2) is 0 Å². The van der Waals surface area contributed by atoms with E-state index in [-0.39, 0.29) is 5.25 Å². The Labute approximate surface area is 228 Å². The van der Waals surface area contributed by atoms with Crippen molar-refractivity contribution in [1.29, 1.82) is 0 Å². The second kappa shape index (κ2) is 10.6. The van der Waals surface area contributed by atoms with Gasteiger partial charge in [0.05, 0.1) is 10.00 Å². The third-order valence-electron chi connectivity index (χ3n) is 7.13. The minimum Gasteiger partial charge on any atom is -0.508 e. The number of para-hydroxylation sites is 1. The largest absolute Gasteiger partial charge is 0.508 e. The number of fused-ring (bicyclic) bond motifs is 1. The second-order valence-electron chi connectivity index (χ2n) is 9.44. The summed E-state index contributed by atoms with van der Waals surface area (Å²) in [6, 6.07) is 55.0. The van der Waals surface area contributed by atoms with E-state index in [0.29, 0.717) is 5.75 Å². The SMILES string of the molecule is Oc1ccccc1[C@H](SC(c1ccccc1)(c1ccccc1)c1ccccc1)c1ccc2ccccc2c1. The molecule has 38 heavy (non-hydrogen) atoms. The lowest BCUT2D eigenvalue weighted by molar-refractivity contribution is 0.469. The summed E-state index contributed by atoms with van der Waals surface area (Å²) >= 11 is 1.87. The molecule has 0 aromatic heterocycles. The minimum absolute atomic E-state index is 0.138. The number of hydrogen-bond acceptors (Lipinski definition) is 2. The second-order valence-corrected chi connectivity index (χ2v) is 10.8. The van der Waals surface area contributed by atoms with E-state index in [1.807, 2.05) is 30.0 Å². The number of benzene rings is 6. The van der Waals surface area contributed by atoms with Crippen molar-refractivity contribution in [2.45, 2.75) is 10.00 Å². The molecule has 0 unspecified atom stereocenters. The summed E-state index contributed by atoms with van der Waals surface area (Å²) in [5, 5.41) is 13.4. The highest BCUT2D eigenvalue weighted by molar-refractivity contribution is 8.01. The first-order chi connectivity index (χ1) is 18.8. The Balaban J connectivity index is 1.64. The van der Waals surface area contributed by atoms with Gasteiger partial charge in [-0.3, -0.25) is 0 Å². The maximum Gasteiger partial charge on any atom is 0.120 e. The van der Waals surface area contributed by atoms with Crippen LogP contribution in [0.5, 0.6) is 5.75 Å². The lowest BCUT2D eigenvalue weighted by atomic mass is 9.84. The average Bonchev–Trinajstić information content (AvgIpc) is 3.00. The topological polar surface area (TPSA) is 20.2 Å². The fourth-order valence-electron chi connectivity index (χ4n) is 5.29. The Kier molecular flexibility index (Phi) is 6.73. The monoisotopic (exact) mass is 508 g/mol. The molecular formula is C36H28OS. The van der Waals surface area contributed by atoms with E-state index < -0.39 is 4.75 Å². The number of rotatable bonds is 7. The fourth-order valence-corrected chi connectivity index (χ4v) is 7.07. The molecule has 0 fully saturated rings. The van der Waals surface area contributed by atoms with Gasteiger partial charge in [-0.2, -0.15) is 0 Å². The maximum atomic E-state index is 11.2. The summed E-state index contributed by atoms with van der Waals surface area (Å²) < 4.78 is -0.525. The summed E-state index contributed by atoms with van der Waals surface area (Å²) in [5.41, 5.74) is 5.65. The van der Waals surface area contributed by atoms with Gasteiger partial charge in [0.1, 0.15) is 5.75 Å². The zero-order valence-corrected chi connectivity index (χ0v) is 21.8. The molecule has 0 saturated heterocycles. The molecule has 0 aliphatic rings. The van der Waals surface area contributed by atoms with Crippen LogP contribution in [0.3, 0.4) is 0 Å². The van der Waals surface area contributed by atoms with Crippen LogP contribution in [0.25, 0.3) is 10.8 Å². The number of hydrogen-bond donors (Lipinski definition) is 1. The third kappa shape index (κ3) is 4.49. The lowest BCUT2D eigenvalue weighted by Crippen LogP contribution is -2.27. The first-order valence-corrected chi connectivity index (χ1v) is 13.7. The Morgan fingerprint density at radius 1 is 0.474 bits per heavy atom. The number of thioether (sulfide) groups is 1. The van der Waals surface area contributed by atoms with Gasteiger partial charge < -0.3 is 5.11 Å². The highest BCUT2D eigenvalue weighted by Gasteiger charge is 2.40. The van der Waals surface area contributed by atoms with Gasteiger partial charge in [0.25, 0.3) is 0 Å². The van der Waals surface area contributed by atoms with Crippen LogP contribution in [0, 0.1) is 0 Å². The van der Waals surface area contributed by atoms with E-state index in [9.17, 15) is 5.11 Å². The molecule has 184 valence electrons. The molecule has 6 aromatic rings. The molecule has 0 saturated carbocycles. The van der Waals surface area contributed by atoms with Crippen molar-refractivity contribution in [1.82, 2.24) is 0 Å². The zero-order valence-electron chi connectivity index (χ0n) is 20.9. The minimum atomic E-state index is -0.525. The molecule has 0 spiro atoms. The highest BCUT2D eigenvalue weighted by Crippen LogP contribution is 2.56. The van der Waals surface area contributed by atoms with Gasteiger partial charge in [-0.15, -0.1) is 11.8 Å². The van der Waals surface area contributed by atoms with Crippen molar-refractivity contribution in [3.05, 3.63) is 186 Å². The molecular weight excluding hydrogens is 480 g/mol. The predicted molar refractivity (Wildman–Crippen MR) is 161 cm³/mol. The van der Waals surface area contributed by atoms with Crippen molar-refractivity contribution in [2.24, 2.45) is 0 Å². The first kappa shape index (κ1) is 24.1. The standard InChI is InChI=1S/C36H28OS/c37-34-23-13-12-22-33(34)35(29-25-24-27-14-10-11-15-28(27)26-29)38-36(30-16-4-1-5-17-30,31-18-6-2-7-19-31)32-20-8-3-9-21-32/h1-26,35,37H/t35-/m1/s1. The molecule has 1 nitrogen and oxygen atoms in total. The van der Waals surface area contributed by atoms with Gasteiger partial charge in [0.15, 0.2) is 0 Å². The molecule has 0 radical (unpaired) electrons. The van der Waals surface area contributed by atoms with Crippen LogP contribution in [0.2, 0.25) is 0 Å². The van der Waals surface area contributed by atoms with Crippen LogP contribution in [0.4, 0.5) is 0 Å². The quantitative estimate of drug-likeness (QED) is 0.217. The van der Waals surface area contributed by atoms with Crippen molar-refractivity contribution < 1.29 is 5.11 Å². The van der Waals surface area contributed by atoms with E-state index in [4.69, 9.17) is 0 Å². The van der Waals surface area contributed by atoms with Crippen molar-refractivity contribution >= 4 is 22.5 Å². The van der Waals surface area contributed by atoms with Crippen LogP contribution >= 0.6 is 11.8 Å². The van der Waals surface area contributed by atoms with Gasteiger partial charge in [-0.1, -0.05) is 146 Å². The molecule has 0 heterocycles. The molecule has 2 heteroatoms. The van der Waals surface area contributed by atoms with Crippen LogP contribution in [-0.2, 0) is 4.75 Å². The van der Waals surface area contributed by atoms with Crippen LogP contribution in [0.1, 0.15) is 33.1 Å². The van der Waals surface area contributed by atoms with Crippen LogP contribution in [-0.4, -0.2) is 5.11 Å². The van der Waals surface area contributed by atoms with E-state index in [1.54, 1.807) is 6.07 Å². The number of phenols is 1. The molecule has 1 atom stereocenters. The van der Waals surface area contributed by atoms with Crippen molar-refractivity contribution in [3.63, 3.8) is 0 Å². The Bertz CT molecular complexity index is 1550. The Morgan fingerprint density at radius 3 is 1.50 bits per heavy atom. The number of aromatic hydroxyl groups is 1. The predicted octanol–water partition coefficient (Wildman–Crippen LogP) is 9.36. The maximum absolute atomic E-state index is 11.2.